The van der Waals surface area contributed by atoms with Gasteiger partial charge >= 0.3 is 0 Å². The molecule has 3 aliphatic rings. The maximum atomic E-state index is 12.6. The van der Waals surface area contributed by atoms with Crippen LogP contribution < -0.4 is 10.2 Å². The maximum Gasteiger partial charge on any atom is 0.236 e. The number of piperazine rings is 1. The van der Waals surface area contributed by atoms with Crippen molar-refractivity contribution >= 4 is 17.8 Å². The molecule has 3 heterocycles. The number of carbonyl (C=O) groups is 2. The quantitative estimate of drug-likeness (QED) is 0.790. The van der Waals surface area contributed by atoms with Crippen molar-refractivity contribution in [2.75, 3.05) is 50.7 Å². The van der Waals surface area contributed by atoms with Crippen LogP contribution in [0.3, 0.4) is 0 Å². The monoisotopic (exact) mass is 372 g/mol. The van der Waals surface area contributed by atoms with Gasteiger partial charge in [-0.2, -0.15) is 0 Å². The van der Waals surface area contributed by atoms with Crippen molar-refractivity contribution in [1.29, 1.82) is 0 Å². The first-order valence-corrected chi connectivity index (χ1v) is 10.0. The Morgan fingerprint density at radius 1 is 0.963 bits per heavy atom. The molecular weight excluding hydrogens is 344 g/mol. The lowest BCUT2D eigenvalue weighted by atomic mass is 9.96. The van der Waals surface area contributed by atoms with Crippen molar-refractivity contribution in [3.05, 3.63) is 18.5 Å². The first-order chi connectivity index (χ1) is 13.2. The summed E-state index contributed by atoms with van der Waals surface area (Å²) in [6, 6.07) is 2.24. The van der Waals surface area contributed by atoms with Crippen LogP contribution in [0.15, 0.2) is 18.5 Å². The molecule has 0 atom stereocenters. The van der Waals surface area contributed by atoms with Crippen molar-refractivity contribution in [2.45, 2.75) is 31.7 Å². The molecule has 8 heteroatoms. The summed E-state index contributed by atoms with van der Waals surface area (Å²) in [6.07, 6.45) is 7.45. The van der Waals surface area contributed by atoms with Gasteiger partial charge in [-0.05, 0) is 44.8 Å². The van der Waals surface area contributed by atoms with Gasteiger partial charge in [0.1, 0.15) is 0 Å². The van der Waals surface area contributed by atoms with Gasteiger partial charge in [0.15, 0.2) is 0 Å². The van der Waals surface area contributed by atoms with E-state index in [9.17, 15) is 9.59 Å². The summed E-state index contributed by atoms with van der Waals surface area (Å²) in [5.41, 5.74) is 0. The van der Waals surface area contributed by atoms with Crippen molar-refractivity contribution in [3.63, 3.8) is 0 Å². The third-order valence-corrected chi connectivity index (χ3v) is 5.71. The minimum Gasteiger partial charge on any atom is -0.353 e. The van der Waals surface area contributed by atoms with Crippen LogP contribution in [-0.2, 0) is 9.59 Å². The van der Waals surface area contributed by atoms with Gasteiger partial charge in [0.25, 0.3) is 0 Å². The zero-order valence-electron chi connectivity index (χ0n) is 15.7. The molecule has 0 spiro atoms. The Hall–Kier alpha value is -2.22. The topological polar surface area (TPSA) is 81.7 Å². The molecule has 1 aromatic rings. The molecule has 0 aromatic carbocycles. The van der Waals surface area contributed by atoms with Crippen LogP contribution in [0.4, 0.5) is 5.95 Å². The van der Waals surface area contributed by atoms with Gasteiger partial charge in [-0.3, -0.25) is 14.5 Å². The molecular formula is C19H28N6O2. The zero-order chi connectivity index (χ0) is 18.6. The van der Waals surface area contributed by atoms with Gasteiger partial charge in [0.05, 0.1) is 6.54 Å². The van der Waals surface area contributed by atoms with E-state index in [0.717, 1.165) is 57.8 Å². The van der Waals surface area contributed by atoms with Crippen LogP contribution in [-0.4, -0.2) is 83.4 Å². The van der Waals surface area contributed by atoms with Crippen LogP contribution in [0.2, 0.25) is 0 Å². The molecule has 1 saturated carbocycles. The van der Waals surface area contributed by atoms with Gasteiger partial charge in [-0.1, -0.05) is 0 Å². The summed E-state index contributed by atoms with van der Waals surface area (Å²) >= 11 is 0. The Labute approximate surface area is 159 Å². The van der Waals surface area contributed by atoms with E-state index in [1.54, 1.807) is 12.4 Å². The highest BCUT2D eigenvalue weighted by Crippen LogP contribution is 2.22. The predicted molar refractivity (Wildman–Crippen MR) is 101 cm³/mol. The summed E-state index contributed by atoms with van der Waals surface area (Å²) < 4.78 is 0. The average Bonchev–Trinajstić information content (AvgIpc) is 3.53. The van der Waals surface area contributed by atoms with Crippen molar-refractivity contribution in [2.24, 2.45) is 5.92 Å². The van der Waals surface area contributed by atoms with Crippen LogP contribution in [0, 0.1) is 5.92 Å². The number of nitrogens with zero attached hydrogens (tertiary/aromatic N) is 5. The molecule has 0 unspecified atom stereocenters. The highest BCUT2D eigenvalue weighted by molar-refractivity contribution is 5.80. The van der Waals surface area contributed by atoms with Crippen molar-refractivity contribution in [1.82, 2.24) is 25.1 Å². The van der Waals surface area contributed by atoms with E-state index in [4.69, 9.17) is 0 Å². The molecule has 8 nitrogen and oxygen atoms in total. The molecule has 27 heavy (non-hydrogen) atoms. The molecule has 4 rings (SSSR count). The van der Waals surface area contributed by atoms with E-state index in [2.05, 4.69) is 25.1 Å². The fraction of sp³-hybridized carbons (Fsp3) is 0.684. The molecule has 1 N–H and O–H groups in total. The van der Waals surface area contributed by atoms with Crippen LogP contribution >= 0.6 is 0 Å². The molecule has 146 valence electrons. The standard InChI is InChI=1S/C19H28N6O2/c26-17(24-10-12-25(13-11-24)19-20-6-1-7-21-19)14-23-8-4-15(5-9-23)18(27)22-16-2-3-16/h1,6-7,15-16H,2-5,8-14H2,(H,22,27). The van der Waals surface area contributed by atoms with Crippen LogP contribution in [0.1, 0.15) is 25.7 Å². The number of aromatic nitrogens is 2. The van der Waals surface area contributed by atoms with Gasteiger partial charge in [-0.25, -0.2) is 9.97 Å². The van der Waals surface area contributed by atoms with Gasteiger partial charge < -0.3 is 15.1 Å². The highest BCUT2D eigenvalue weighted by Gasteiger charge is 2.31. The van der Waals surface area contributed by atoms with Crippen molar-refractivity contribution < 1.29 is 9.59 Å². The Bertz CT molecular complexity index is 649. The molecule has 1 aliphatic carbocycles. The van der Waals surface area contributed by atoms with E-state index < -0.39 is 0 Å². The third kappa shape index (κ3) is 4.74. The molecule has 0 radical (unpaired) electrons. The van der Waals surface area contributed by atoms with Gasteiger partial charge in [0, 0.05) is 50.5 Å². The van der Waals surface area contributed by atoms with Gasteiger partial charge in [-0.15, -0.1) is 0 Å². The summed E-state index contributed by atoms with van der Waals surface area (Å²) in [4.78, 5) is 39.6. The Kier molecular flexibility index (Phi) is 5.52. The summed E-state index contributed by atoms with van der Waals surface area (Å²) in [5.74, 6) is 1.25. The minimum absolute atomic E-state index is 0.117. The zero-order valence-corrected chi connectivity index (χ0v) is 15.7. The normalized spacial score (nSPS) is 21.9. The molecule has 1 aromatic heterocycles. The number of anilines is 1. The molecule has 2 amide bonds. The van der Waals surface area contributed by atoms with E-state index in [1.807, 2.05) is 11.0 Å². The van der Waals surface area contributed by atoms with Crippen LogP contribution in [0.25, 0.3) is 0 Å². The fourth-order valence-electron chi connectivity index (χ4n) is 3.80. The fourth-order valence-corrected chi connectivity index (χ4v) is 3.80. The van der Waals surface area contributed by atoms with E-state index in [-0.39, 0.29) is 17.7 Å². The Morgan fingerprint density at radius 3 is 2.26 bits per heavy atom. The lowest BCUT2D eigenvalue weighted by molar-refractivity contribution is -0.133. The first kappa shape index (κ1) is 18.2. The number of rotatable bonds is 5. The summed E-state index contributed by atoms with van der Waals surface area (Å²) in [5, 5.41) is 3.10. The lowest BCUT2D eigenvalue weighted by Crippen LogP contribution is -2.52. The Balaban J connectivity index is 1.18. The number of likely N-dealkylation sites (tertiary alicyclic amines) is 1. The second-order valence-electron chi connectivity index (χ2n) is 7.75. The largest absolute Gasteiger partial charge is 0.353 e. The third-order valence-electron chi connectivity index (χ3n) is 5.71. The molecule has 0 bridgehead atoms. The van der Waals surface area contributed by atoms with Crippen LogP contribution in [0.5, 0.6) is 0 Å². The van der Waals surface area contributed by atoms with Crippen molar-refractivity contribution in [3.8, 4) is 0 Å². The van der Waals surface area contributed by atoms with E-state index >= 15 is 0 Å². The second kappa shape index (κ2) is 8.21. The number of hydrogen-bond donors (Lipinski definition) is 1. The molecule has 2 aliphatic heterocycles. The lowest BCUT2D eigenvalue weighted by Gasteiger charge is -2.37. The number of nitrogens with one attached hydrogen (secondary N) is 1. The number of carbonyl (C=O) groups excluding carboxylic acids is 2. The highest BCUT2D eigenvalue weighted by atomic mass is 16.2. The maximum absolute atomic E-state index is 12.6. The Morgan fingerprint density at radius 2 is 1.63 bits per heavy atom. The summed E-state index contributed by atoms with van der Waals surface area (Å²) in [6.45, 7) is 5.05. The number of hydrogen-bond acceptors (Lipinski definition) is 6. The predicted octanol–water partition coefficient (Wildman–Crippen LogP) is 0.116. The average molecular weight is 372 g/mol. The molecule has 3 fully saturated rings. The van der Waals surface area contributed by atoms with E-state index in [1.165, 1.54) is 0 Å². The number of amides is 2. The second-order valence-corrected chi connectivity index (χ2v) is 7.75. The minimum atomic E-state index is 0.117. The summed E-state index contributed by atoms with van der Waals surface area (Å²) in [7, 11) is 0. The SMILES string of the molecule is O=C(NC1CC1)C1CCN(CC(=O)N2CCN(c3ncccn3)CC2)CC1. The first-order valence-electron chi connectivity index (χ1n) is 10.0. The smallest absolute Gasteiger partial charge is 0.236 e. The van der Waals surface area contributed by atoms with Gasteiger partial charge in [0.2, 0.25) is 17.8 Å². The van der Waals surface area contributed by atoms with E-state index in [0.29, 0.717) is 25.7 Å². The number of piperidine rings is 1. The molecule has 2 saturated heterocycles.